The van der Waals surface area contributed by atoms with E-state index in [4.69, 9.17) is 0 Å². The average Bonchev–Trinajstić information content (AvgIpc) is 2.30. The molecule has 0 aromatic carbocycles. The van der Waals surface area contributed by atoms with Crippen LogP contribution in [-0.4, -0.2) is 53.9 Å². The zero-order chi connectivity index (χ0) is 14.2. The number of nitrogens with zero attached hydrogens (tertiary/aromatic N) is 3. The number of carboxylic acids is 1. The van der Waals surface area contributed by atoms with E-state index in [0.717, 1.165) is 26.2 Å². The summed E-state index contributed by atoms with van der Waals surface area (Å²) in [5.74, 6) is -0.988. The summed E-state index contributed by atoms with van der Waals surface area (Å²) < 4.78 is 1.50. The molecule has 0 atom stereocenters. The highest BCUT2D eigenvalue weighted by atomic mass is 16.4. The zero-order valence-electron chi connectivity index (χ0n) is 11.5. The first-order valence-electron chi connectivity index (χ1n) is 6.32. The van der Waals surface area contributed by atoms with Gasteiger partial charge in [0.2, 0.25) is 0 Å². The van der Waals surface area contributed by atoms with Crippen molar-refractivity contribution in [2.24, 2.45) is 0 Å². The summed E-state index contributed by atoms with van der Waals surface area (Å²) in [4.78, 5) is 25.6. The first-order chi connectivity index (χ1) is 8.91. The van der Waals surface area contributed by atoms with Gasteiger partial charge in [0.1, 0.15) is 0 Å². The molecule has 0 aliphatic carbocycles. The normalized spacial score (nSPS) is 16.7. The van der Waals surface area contributed by atoms with E-state index < -0.39 is 5.97 Å². The molecule has 1 aromatic heterocycles. The van der Waals surface area contributed by atoms with Gasteiger partial charge in [0, 0.05) is 32.2 Å². The maximum absolute atomic E-state index is 12.1. The lowest BCUT2D eigenvalue weighted by atomic mass is 10.1. The van der Waals surface area contributed by atoms with Gasteiger partial charge in [-0.05, 0) is 26.5 Å². The number of piperazine rings is 1. The van der Waals surface area contributed by atoms with Gasteiger partial charge in [-0.25, -0.2) is 9.47 Å². The topological polar surface area (TPSA) is 65.8 Å². The minimum atomic E-state index is -0.988. The maximum atomic E-state index is 12.1. The van der Waals surface area contributed by atoms with Gasteiger partial charge in [-0.1, -0.05) is 0 Å². The number of likely N-dealkylation sites (N-methyl/N-ethyl adjacent to an activating group) is 1. The summed E-state index contributed by atoms with van der Waals surface area (Å²) in [6, 6.07) is 1.40. The third-order valence-corrected chi connectivity index (χ3v) is 3.60. The van der Waals surface area contributed by atoms with Gasteiger partial charge in [-0.3, -0.25) is 4.79 Å². The van der Waals surface area contributed by atoms with Crippen LogP contribution in [0.2, 0.25) is 0 Å². The van der Waals surface area contributed by atoms with Crippen LogP contribution in [0.1, 0.15) is 21.6 Å². The summed E-state index contributed by atoms with van der Waals surface area (Å²) in [5, 5.41) is 11.2. The maximum Gasteiger partial charge on any atom is 0.337 e. The third kappa shape index (κ3) is 2.49. The van der Waals surface area contributed by atoms with E-state index in [0.29, 0.717) is 11.3 Å². The molecule has 1 aromatic rings. The zero-order valence-corrected chi connectivity index (χ0v) is 11.5. The lowest BCUT2D eigenvalue weighted by molar-refractivity contribution is 0.0694. The predicted octanol–water partition coefficient (Wildman–Crippen LogP) is 0.0467. The van der Waals surface area contributed by atoms with E-state index in [-0.39, 0.29) is 11.1 Å². The Morgan fingerprint density at radius 3 is 2.32 bits per heavy atom. The highest BCUT2D eigenvalue weighted by molar-refractivity contribution is 5.90. The van der Waals surface area contributed by atoms with Gasteiger partial charge in [0.05, 0.1) is 11.3 Å². The van der Waals surface area contributed by atoms with Crippen LogP contribution >= 0.6 is 0 Å². The molecule has 2 rings (SSSR count). The predicted molar refractivity (Wildman–Crippen MR) is 72.6 cm³/mol. The standard InChI is InChI=1S/C13H19N3O3/c1-9-8-11(17)16(10(2)12(9)13(18)19)15-6-4-14(3)5-7-15/h8H,4-7H2,1-3H3,(H,18,19). The second-order valence-corrected chi connectivity index (χ2v) is 5.00. The van der Waals surface area contributed by atoms with Crippen LogP contribution in [0.4, 0.5) is 0 Å². The molecule has 1 N–H and O–H groups in total. The molecule has 1 aliphatic rings. The van der Waals surface area contributed by atoms with Crippen molar-refractivity contribution in [3.05, 3.63) is 33.2 Å². The molecule has 2 heterocycles. The summed E-state index contributed by atoms with van der Waals surface area (Å²) in [5.41, 5.74) is 1.07. The van der Waals surface area contributed by atoms with Gasteiger partial charge in [0.15, 0.2) is 0 Å². The van der Waals surface area contributed by atoms with Gasteiger partial charge in [-0.15, -0.1) is 0 Å². The average molecular weight is 265 g/mol. The molecular formula is C13H19N3O3. The minimum Gasteiger partial charge on any atom is -0.478 e. The molecule has 0 saturated carbocycles. The van der Waals surface area contributed by atoms with E-state index in [1.165, 1.54) is 10.7 Å². The first kappa shape index (κ1) is 13.6. The largest absolute Gasteiger partial charge is 0.478 e. The van der Waals surface area contributed by atoms with Crippen LogP contribution in [0, 0.1) is 13.8 Å². The van der Waals surface area contributed by atoms with Crippen LogP contribution < -0.4 is 10.6 Å². The van der Waals surface area contributed by atoms with Crippen LogP contribution in [-0.2, 0) is 0 Å². The molecule has 19 heavy (non-hydrogen) atoms. The Balaban J connectivity index is 2.48. The van der Waals surface area contributed by atoms with Crippen LogP contribution in [0.5, 0.6) is 0 Å². The van der Waals surface area contributed by atoms with E-state index >= 15 is 0 Å². The highest BCUT2D eigenvalue weighted by Gasteiger charge is 2.21. The molecule has 1 saturated heterocycles. The van der Waals surface area contributed by atoms with Crippen molar-refractivity contribution in [1.82, 2.24) is 9.58 Å². The molecule has 0 radical (unpaired) electrons. The number of carboxylic acid groups (broad SMARTS) is 1. The molecule has 1 aliphatic heterocycles. The molecular weight excluding hydrogens is 246 g/mol. The number of aromatic carboxylic acids is 1. The molecule has 0 amide bonds. The van der Waals surface area contributed by atoms with Crippen LogP contribution in [0.15, 0.2) is 10.9 Å². The fourth-order valence-corrected chi connectivity index (χ4v) is 2.55. The van der Waals surface area contributed by atoms with Crippen molar-refractivity contribution < 1.29 is 9.90 Å². The molecule has 0 unspecified atom stereocenters. The number of aryl methyl sites for hydroxylation is 1. The lowest BCUT2D eigenvalue weighted by Crippen LogP contribution is -2.54. The van der Waals surface area contributed by atoms with Gasteiger partial charge >= 0.3 is 5.97 Å². The van der Waals surface area contributed by atoms with Gasteiger partial charge < -0.3 is 15.0 Å². The second kappa shape index (κ2) is 5.05. The van der Waals surface area contributed by atoms with E-state index in [1.54, 1.807) is 13.8 Å². The van der Waals surface area contributed by atoms with E-state index in [1.807, 2.05) is 12.1 Å². The van der Waals surface area contributed by atoms with E-state index in [2.05, 4.69) is 4.90 Å². The SMILES string of the molecule is Cc1cc(=O)n(N2CCN(C)CC2)c(C)c1C(=O)O. The lowest BCUT2D eigenvalue weighted by Gasteiger charge is -2.36. The van der Waals surface area contributed by atoms with Crippen LogP contribution in [0.25, 0.3) is 0 Å². The fraction of sp³-hybridized carbons (Fsp3) is 0.538. The van der Waals surface area contributed by atoms with Crippen molar-refractivity contribution in [1.29, 1.82) is 0 Å². The molecule has 6 nitrogen and oxygen atoms in total. The van der Waals surface area contributed by atoms with Crippen molar-refractivity contribution in [3.8, 4) is 0 Å². The summed E-state index contributed by atoms with van der Waals surface area (Å²) in [7, 11) is 2.03. The number of pyridine rings is 1. The molecule has 6 heteroatoms. The Bertz CT molecular complexity index is 557. The summed E-state index contributed by atoms with van der Waals surface area (Å²) in [6.45, 7) is 6.52. The van der Waals surface area contributed by atoms with Crippen LogP contribution in [0.3, 0.4) is 0 Å². The smallest absolute Gasteiger partial charge is 0.337 e. The van der Waals surface area contributed by atoms with Crippen molar-refractivity contribution in [2.45, 2.75) is 13.8 Å². The third-order valence-electron chi connectivity index (χ3n) is 3.60. The van der Waals surface area contributed by atoms with Crippen molar-refractivity contribution in [3.63, 3.8) is 0 Å². The Kier molecular flexibility index (Phi) is 3.61. The number of aromatic nitrogens is 1. The highest BCUT2D eigenvalue weighted by Crippen LogP contribution is 2.12. The molecule has 0 spiro atoms. The molecule has 104 valence electrons. The van der Waals surface area contributed by atoms with Crippen molar-refractivity contribution in [2.75, 3.05) is 38.2 Å². The van der Waals surface area contributed by atoms with E-state index in [9.17, 15) is 14.7 Å². The van der Waals surface area contributed by atoms with Gasteiger partial charge in [0.25, 0.3) is 5.56 Å². The Hall–Kier alpha value is -1.82. The van der Waals surface area contributed by atoms with Gasteiger partial charge in [-0.2, -0.15) is 0 Å². The monoisotopic (exact) mass is 265 g/mol. The minimum absolute atomic E-state index is 0.162. The number of hydrogen-bond donors (Lipinski definition) is 1. The fourth-order valence-electron chi connectivity index (χ4n) is 2.55. The summed E-state index contributed by atoms with van der Waals surface area (Å²) >= 11 is 0. The Morgan fingerprint density at radius 2 is 1.79 bits per heavy atom. The second-order valence-electron chi connectivity index (χ2n) is 5.00. The number of rotatable bonds is 2. The molecule has 1 fully saturated rings. The first-order valence-corrected chi connectivity index (χ1v) is 6.32. The number of carbonyl (C=O) groups is 1. The Morgan fingerprint density at radius 1 is 1.21 bits per heavy atom. The number of hydrogen-bond acceptors (Lipinski definition) is 4. The Labute approximate surface area is 111 Å². The quantitative estimate of drug-likeness (QED) is 0.818. The van der Waals surface area contributed by atoms with Crippen molar-refractivity contribution >= 4 is 5.97 Å². The summed E-state index contributed by atoms with van der Waals surface area (Å²) in [6.07, 6.45) is 0. The molecule has 0 bridgehead atoms.